The van der Waals surface area contributed by atoms with Crippen LogP contribution in [0.15, 0.2) is 12.4 Å². The predicted molar refractivity (Wildman–Crippen MR) is 106 cm³/mol. The Morgan fingerprint density at radius 3 is 2.52 bits per heavy atom. The minimum Gasteiger partial charge on any atom is -0.399 e. The minimum absolute atomic E-state index is 0.00406. The van der Waals surface area contributed by atoms with E-state index in [0.717, 1.165) is 37.9 Å². The van der Waals surface area contributed by atoms with Crippen molar-refractivity contribution in [3.8, 4) is 0 Å². The average Bonchev–Trinajstić information content (AvgIpc) is 2.87. The number of anilines is 1. The molecule has 2 aliphatic heterocycles. The predicted octanol–water partition coefficient (Wildman–Crippen LogP) is 1.67. The smallest absolute Gasteiger partial charge is 0.399 e. The summed E-state index contributed by atoms with van der Waals surface area (Å²) < 4.78 is 12.0. The molecule has 0 spiro atoms. The Labute approximate surface area is 166 Å². The molecule has 1 amide bonds. The number of likely N-dealkylation sites (tertiary alicyclic amines) is 1. The molecule has 1 unspecified atom stereocenters. The molecule has 0 radical (unpaired) electrons. The molecular weight excluding hydrogens is 366 g/mol. The van der Waals surface area contributed by atoms with Gasteiger partial charge in [0.15, 0.2) is 0 Å². The molecule has 27 heavy (non-hydrogen) atoms. The van der Waals surface area contributed by atoms with Crippen LogP contribution in [0.5, 0.6) is 0 Å². The molecule has 0 saturated carbocycles. The fourth-order valence-electron chi connectivity index (χ4n) is 3.31. The zero-order chi connectivity index (χ0) is 19.7. The van der Waals surface area contributed by atoms with Crippen LogP contribution in [0, 0.1) is 5.92 Å². The highest BCUT2D eigenvalue weighted by Crippen LogP contribution is 2.36. The van der Waals surface area contributed by atoms with E-state index in [0.29, 0.717) is 11.9 Å². The van der Waals surface area contributed by atoms with Crippen molar-refractivity contribution < 1.29 is 14.1 Å². The fraction of sp³-hybridized carbons (Fsp3) is 0.722. The van der Waals surface area contributed by atoms with Gasteiger partial charge in [0.2, 0.25) is 11.9 Å². The number of amides is 1. The zero-order valence-corrected chi connectivity index (χ0v) is 17.3. The van der Waals surface area contributed by atoms with Gasteiger partial charge in [-0.2, -0.15) is 0 Å². The van der Waals surface area contributed by atoms with E-state index in [1.165, 1.54) is 0 Å². The third kappa shape index (κ3) is 4.55. The van der Waals surface area contributed by atoms with E-state index in [1.54, 1.807) is 12.4 Å². The van der Waals surface area contributed by atoms with Gasteiger partial charge < -0.3 is 19.5 Å². The van der Waals surface area contributed by atoms with Crippen molar-refractivity contribution >= 4 is 36.0 Å². The minimum atomic E-state index is -0.461. The standard InChI is InChI=1S/C18H28BClN4O3/c1-17(2)18(3,4)27-19(26-17)14-10-22-16(23-11-14)21-9-13-6-5-7-24(12-13)15(25)8-20/h10-11,13H,5-9,12H2,1-4H3,(H,21,22,23). The van der Waals surface area contributed by atoms with E-state index in [1.807, 2.05) is 32.6 Å². The molecule has 2 fully saturated rings. The van der Waals surface area contributed by atoms with E-state index < -0.39 is 7.12 Å². The second-order valence-corrected chi connectivity index (χ2v) is 8.56. The van der Waals surface area contributed by atoms with Crippen molar-refractivity contribution in [2.24, 2.45) is 5.92 Å². The summed E-state index contributed by atoms with van der Waals surface area (Å²) in [6.07, 6.45) is 5.55. The molecule has 1 aromatic rings. The molecule has 1 N–H and O–H groups in total. The van der Waals surface area contributed by atoms with Gasteiger partial charge in [-0.3, -0.25) is 4.79 Å². The number of carbonyl (C=O) groups excluding carboxylic acids is 1. The van der Waals surface area contributed by atoms with Crippen LogP contribution in [0.4, 0.5) is 5.95 Å². The van der Waals surface area contributed by atoms with Crippen LogP contribution in [0.3, 0.4) is 0 Å². The van der Waals surface area contributed by atoms with Crippen LogP contribution >= 0.6 is 11.6 Å². The lowest BCUT2D eigenvalue weighted by Crippen LogP contribution is -2.42. The molecule has 0 bridgehead atoms. The SMILES string of the molecule is CC1(C)OB(c2cnc(NCC3CCCN(C(=O)CCl)C3)nc2)OC1(C)C. The summed E-state index contributed by atoms with van der Waals surface area (Å²) in [5.74, 6) is 0.988. The molecule has 2 aliphatic rings. The second kappa shape index (κ2) is 7.93. The molecule has 3 heterocycles. The van der Waals surface area contributed by atoms with Gasteiger partial charge >= 0.3 is 7.12 Å². The van der Waals surface area contributed by atoms with Gasteiger partial charge in [0, 0.05) is 37.5 Å². The number of halogens is 1. The summed E-state index contributed by atoms with van der Waals surface area (Å²) in [5, 5.41) is 3.27. The summed E-state index contributed by atoms with van der Waals surface area (Å²) in [7, 11) is -0.461. The molecule has 7 nitrogen and oxygen atoms in total. The van der Waals surface area contributed by atoms with Crippen molar-refractivity contribution in [1.29, 1.82) is 0 Å². The van der Waals surface area contributed by atoms with Crippen molar-refractivity contribution in [3.05, 3.63) is 12.4 Å². The van der Waals surface area contributed by atoms with Crippen LogP contribution in [0.2, 0.25) is 0 Å². The van der Waals surface area contributed by atoms with E-state index >= 15 is 0 Å². The molecule has 0 aromatic carbocycles. The first-order valence-electron chi connectivity index (χ1n) is 9.47. The monoisotopic (exact) mass is 394 g/mol. The first-order valence-corrected chi connectivity index (χ1v) is 10.0. The second-order valence-electron chi connectivity index (χ2n) is 8.29. The molecule has 1 atom stereocenters. The fourth-order valence-corrected chi connectivity index (χ4v) is 3.48. The lowest BCUT2D eigenvalue weighted by atomic mass is 9.81. The number of hydrogen-bond acceptors (Lipinski definition) is 6. The topological polar surface area (TPSA) is 76.6 Å². The maximum atomic E-state index is 11.8. The normalized spacial score (nSPS) is 24.1. The molecule has 2 saturated heterocycles. The maximum Gasteiger partial charge on any atom is 0.498 e. The van der Waals surface area contributed by atoms with E-state index in [-0.39, 0.29) is 23.0 Å². The number of rotatable bonds is 5. The van der Waals surface area contributed by atoms with E-state index in [4.69, 9.17) is 20.9 Å². The lowest BCUT2D eigenvalue weighted by Gasteiger charge is -2.32. The van der Waals surface area contributed by atoms with Crippen LogP contribution in [0.1, 0.15) is 40.5 Å². The van der Waals surface area contributed by atoms with Crippen molar-refractivity contribution in [3.63, 3.8) is 0 Å². The van der Waals surface area contributed by atoms with Crippen LogP contribution in [0.25, 0.3) is 0 Å². The lowest BCUT2D eigenvalue weighted by molar-refractivity contribution is -0.130. The first kappa shape index (κ1) is 20.4. The van der Waals surface area contributed by atoms with Crippen LogP contribution < -0.4 is 10.8 Å². The Kier molecular flexibility index (Phi) is 5.98. The Morgan fingerprint density at radius 1 is 1.30 bits per heavy atom. The van der Waals surface area contributed by atoms with Crippen LogP contribution in [-0.2, 0) is 14.1 Å². The zero-order valence-electron chi connectivity index (χ0n) is 16.5. The molecule has 9 heteroatoms. The molecule has 1 aromatic heterocycles. The van der Waals surface area contributed by atoms with Crippen molar-refractivity contribution in [1.82, 2.24) is 14.9 Å². The summed E-state index contributed by atoms with van der Waals surface area (Å²) in [6, 6.07) is 0. The van der Waals surface area contributed by atoms with Gasteiger partial charge in [-0.25, -0.2) is 9.97 Å². The van der Waals surface area contributed by atoms with Crippen LogP contribution in [-0.4, -0.2) is 64.6 Å². The van der Waals surface area contributed by atoms with Crippen molar-refractivity contribution in [2.75, 3.05) is 30.8 Å². The third-order valence-corrected chi connectivity index (χ3v) is 5.96. The van der Waals surface area contributed by atoms with Gasteiger partial charge in [-0.05, 0) is 46.5 Å². The summed E-state index contributed by atoms with van der Waals surface area (Å²) in [4.78, 5) is 22.4. The molecule has 148 valence electrons. The highest BCUT2D eigenvalue weighted by atomic mass is 35.5. The third-order valence-electron chi connectivity index (χ3n) is 5.73. The highest BCUT2D eigenvalue weighted by Gasteiger charge is 2.51. The molecule has 3 rings (SSSR count). The van der Waals surface area contributed by atoms with Gasteiger partial charge in [-0.15, -0.1) is 11.6 Å². The number of hydrogen-bond donors (Lipinski definition) is 1. The Balaban J connectivity index is 1.53. The molecule has 0 aliphatic carbocycles. The number of piperidine rings is 1. The van der Waals surface area contributed by atoms with Gasteiger partial charge in [-0.1, -0.05) is 0 Å². The van der Waals surface area contributed by atoms with Gasteiger partial charge in [0.05, 0.1) is 11.2 Å². The quantitative estimate of drug-likeness (QED) is 0.605. The largest absolute Gasteiger partial charge is 0.498 e. The Hall–Kier alpha value is -1.38. The number of nitrogens with zero attached hydrogens (tertiary/aromatic N) is 3. The van der Waals surface area contributed by atoms with Crippen molar-refractivity contribution in [2.45, 2.75) is 51.7 Å². The average molecular weight is 395 g/mol. The van der Waals surface area contributed by atoms with Gasteiger partial charge in [0.25, 0.3) is 0 Å². The van der Waals surface area contributed by atoms with E-state index in [9.17, 15) is 4.79 Å². The number of alkyl halides is 1. The first-order chi connectivity index (χ1) is 12.7. The number of aromatic nitrogens is 2. The highest BCUT2D eigenvalue weighted by molar-refractivity contribution is 6.61. The number of nitrogens with one attached hydrogen (secondary N) is 1. The van der Waals surface area contributed by atoms with E-state index in [2.05, 4.69) is 15.3 Å². The molecular formula is C18H28BClN4O3. The van der Waals surface area contributed by atoms with Gasteiger partial charge in [0.1, 0.15) is 5.88 Å². The Bertz CT molecular complexity index is 655. The summed E-state index contributed by atoms with van der Waals surface area (Å²) >= 11 is 5.66. The Morgan fingerprint density at radius 2 is 1.93 bits per heavy atom. The maximum absolute atomic E-state index is 11.8. The number of carbonyl (C=O) groups is 1. The summed E-state index contributed by atoms with van der Waals surface area (Å²) in [6.45, 7) is 10.3. The summed E-state index contributed by atoms with van der Waals surface area (Å²) in [5.41, 5.74) is 0.0276.